The Morgan fingerprint density at radius 3 is 2.28 bits per heavy atom. The molecule has 2 amide bonds. The van der Waals surface area contributed by atoms with Crippen molar-refractivity contribution in [3.8, 4) is 0 Å². The van der Waals surface area contributed by atoms with Crippen LogP contribution in [0.5, 0.6) is 0 Å². The molecule has 13 heteroatoms. The quantitative estimate of drug-likeness (QED) is 0.215. The number of halogens is 3. The Labute approximate surface area is 185 Å². The first kappa shape index (κ1) is 24.5. The zero-order valence-corrected chi connectivity index (χ0v) is 18.3. The molecule has 1 heterocycles. The van der Waals surface area contributed by atoms with E-state index in [1.807, 2.05) is 6.92 Å². The number of nitrogens with zero attached hydrogens (tertiary/aromatic N) is 1. The van der Waals surface area contributed by atoms with Crippen molar-refractivity contribution >= 4 is 44.5 Å². The van der Waals surface area contributed by atoms with Crippen molar-refractivity contribution in [2.75, 3.05) is 32.2 Å². The van der Waals surface area contributed by atoms with Gasteiger partial charge >= 0.3 is 15.6 Å². The van der Waals surface area contributed by atoms with E-state index < -0.39 is 27.4 Å². The first-order valence-electron chi connectivity index (χ1n) is 9.32. The molecule has 1 aliphatic rings. The van der Waals surface area contributed by atoms with Crippen molar-refractivity contribution in [2.45, 2.75) is 17.3 Å². The van der Waals surface area contributed by atoms with Crippen LogP contribution in [0.1, 0.15) is 27.6 Å². The summed E-state index contributed by atoms with van der Waals surface area (Å²) in [5.74, 6) is -2.05. The molecule has 174 valence electrons. The molecule has 2 aromatic carbocycles. The highest BCUT2D eigenvalue weighted by atomic mass is 32.2. The fourth-order valence-corrected chi connectivity index (χ4v) is 4.28. The second-order valence-corrected chi connectivity index (χ2v) is 9.03. The lowest BCUT2D eigenvalue weighted by atomic mass is 9.95. The van der Waals surface area contributed by atoms with E-state index in [-0.39, 0.29) is 21.6 Å². The SMILES string of the molecule is CCOCCOCCSc1ccc2c3c(cccc13)C(=O)N(OS(=O)(=O)C(F)(F)F)C2=O. The number of imide groups is 1. The summed E-state index contributed by atoms with van der Waals surface area (Å²) in [6.45, 7) is 3.83. The molecule has 0 fully saturated rings. The van der Waals surface area contributed by atoms with E-state index in [0.29, 0.717) is 37.6 Å². The zero-order valence-electron chi connectivity index (χ0n) is 16.7. The van der Waals surface area contributed by atoms with Crippen LogP contribution in [-0.2, 0) is 23.9 Å². The van der Waals surface area contributed by atoms with Gasteiger partial charge in [-0.3, -0.25) is 9.59 Å². The summed E-state index contributed by atoms with van der Waals surface area (Å²) in [4.78, 5) is 26.0. The average Bonchev–Trinajstić information content (AvgIpc) is 2.74. The average molecular weight is 493 g/mol. The largest absolute Gasteiger partial charge is 0.525 e. The fourth-order valence-electron chi connectivity index (χ4n) is 2.96. The summed E-state index contributed by atoms with van der Waals surface area (Å²) < 4.78 is 75.2. The Balaban J connectivity index is 1.84. The second kappa shape index (κ2) is 9.75. The third-order valence-corrected chi connectivity index (χ3v) is 6.30. The van der Waals surface area contributed by atoms with Gasteiger partial charge in [0, 0.05) is 22.6 Å². The minimum Gasteiger partial charge on any atom is -0.379 e. The Bertz CT molecular complexity index is 1110. The third-order valence-electron chi connectivity index (χ3n) is 4.35. The molecule has 0 saturated carbocycles. The molecular formula is C19H18F3NO7S2. The third kappa shape index (κ3) is 4.91. The molecule has 2 aromatic rings. The molecule has 0 spiro atoms. The molecule has 0 bridgehead atoms. The zero-order chi connectivity index (χ0) is 23.5. The normalized spacial score (nSPS) is 14.4. The summed E-state index contributed by atoms with van der Waals surface area (Å²) in [5.41, 5.74) is -6.10. The maximum absolute atomic E-state index is 12.7. The van der Waals surface area contributed by atoms with Crippen LogP contribution in [0.4, 0.5) is 13.2 Å². The van der Waals surface area contributed by atoms with Crippen LogP contribution in [0, 0.1) is 0 Å². The summed E-state index contributed by atoms with van der Waals surface area (Å²) in [6, 6.07) is 7.30. The summed E-state index contributed by atoms with van der Waals surface area (Å²) in [7, 11) is -6.21. The number of rotatable bonds is 10. The van der Waals surface area contributed by atoms with Crippen molar-refractivity contribution in [3.63, 3.8) is 0 Å². The highest BCUT2D eigenvalue weighted by Gasteiger charge is 2.51. The fraction of sp³-hybridized carbons (Fsp3) is 0.368. The number of thioether (sulfide) groups is 1. The van der Waals surface area contributed by atoms with Gasteiger partial charge in [-0.1, -0.05) is 12.1 Å². The van der Waals surface area contributed by atoms with Crippen molar-refractivity contribution in [1.82, 2.24) is 5.06 Å². The van der Waals surface area contributed by atoms with Gasteiger partial charge in [-0.05, 0) is 30.5 Å². The standard InChI is InChI=1S/C19H18F3NO7S2/c1-2-28-8-9-29-10-11-31-15-7-6-14-16-12(15)4-3-5-13(16)17(24)23(18(14)25)30-32(26,27)19(20,21)22/h3-7H,2,8-11H2,1H3. The van der Waals surface area contributed by atoms with Gasteiger partial charge in [0.1, 0.15) is 0 Å². The monoisotopic (exact) mass is 493 g/mol. The van der Waals surface area contributed by atoms with E-state index >= 15 is 0 Å². The van der Waals surface area contributed by atoms with Gasteiger partial charge in [0.25, 0.3) is 11.8 Å². The van der Waals surface area contributed by atoms with Gasteiger partial charge in [0.15, 0.2) is 0 Å². The Morgan fingerprint density at radius 2 is 1.62 bits per heavy atom. The Hall–Kier alpha value is -2.19. The number of hydrogen-bond acceptors (Lipinski definition) is 8. The van der Waals surface area contributed by atoms with E-state index in [2.05, 4.69) is 4.28 Å². The van der Waals surface area contributed by atoms with Gasteiger partial charge < -0.3 is 9.47 Å². The van der Waals surface area contributed by atoms with Gasteiger partial charge in [-0.25, -0.2) is 0 Å². The van der Waals surface area contributed by atoms with Crippen LogP contribution in [0.25, 0.3) is 10.8 Å². The molecule has 0 atom stereocenters. The van der Waals surface area contributed by atoms with Crippen molar-refractivity contribution < 1.29 is 44.9 Å². The van der Waals surface area contributed by atoms with E-state index in [1.165, 1.54) is 30.0 Å². The lowest BCUT2D eigenvalue weighted by molar-refractivity contribution is -0.0761. The molecular weight excluding hydrogens is 475 g/mol. The topological polar surface area (TPSA) is 99.2 Å². The van der Waals surface area contributed by atoms with Crippen LogP contribution in [0.15, 0.2) is 35.2 Å². The molecule has 0 aliphatic carbocycles. The summed E-state index contributed by atoms with van der Waals surface area (Å²) in [5, 5.41) is 0.368. The molecule has 0 radical (unpaired) electrons. The van der Waals surface area contributed by atoms with E-state index in [0.717, 1.165) is 4.90 Å². The van der Waals surface area contributed by atoms with Crippen LogP contribution in [-0.4, -0.2) is 63.0 Å². The van der Waals surface area contributed by atoms with Crippen molar-refractivity contribution in [2.24, 2.45) is 0 Å². The van der Waals surface area contributed by atoms with E-state index in [9.17, 15) is 31.2 Å². The number of alkyl halides is 3. The summed E-state index contributed by atoms with van der Waals surface area (Å²) in [6.07, 6.45) is 0. The van der Waals surface area contributed by atoms with Crippen LogP contribution in [0.3, 0.4) is 0 Å². The maximum atomic E-state index is 12.7. The van der Waals surface area contributed by atoms with E-state index in [1.54, 1.807) is 12.1 Å². The molecule has 0 N–H and O–H groups in total. The first-order valence-corrected chi connectivity index (χ1v) is 11.7. The smallest absolute Gasteiger partial charge is 0.379 e. The number of carbonyl (C=O) groups excluding carboxylic acids is 2. The molecule has 0 saturated heterocycles. The molecule has 0 aromatic heterocycles. The molecule has 32 heavy (non-hydrogen) atoms. The number of amides is 2. The van der Waals surface area contributed by atoms with Gasteiger partial charge in [0.2, 0.25) is 0 Å². The van der Waals surface area contributed by atoms with Crippen LogP contribution < -0.4 is 0 Å². The number of hydroxylamine groups is 2. The Kier molecular flexibility index (Phi) is 7.45. The van der Waals surface area contributed by atoms with Crippen LogP contribution >= 0.6 is 11.8 Å². The predicted octanol–water partition coefficient (Wildman–Crippen LogP) is 3.36. The molecule has 0 unspecified atom stereocenters. The molecule has 1 aliphatic heterocycles. The highest BCUT2D eigenvalue weighted by Crippen LogP contribution is 2.37. The number of benzene rings is 2. The minimum atomic E-state index is -6.21. The van der Waals surface area contributed by atoms with Gasteiger partial charge in [-0.2, -0.15) is 21.6 Å². The van der Waals surface area contributed by atoms with Crippen molar-refractivity contribution in [3.05, 3.63) is 41.5 Å². The van der Waals surface area contributed by atoms with Gasteiger partial charge in [0.05, 0.1) is 30.9 Å². The number of ether oxygens (including phenoxy) is 2. The summed E-state index contributed by atoms with van der Waals surface area (Å²) >= 11 is 1.40. The predicted molar refractivity (Wildman–Crippen MR) is 109 cm³/mol. The lowest BCUT2D eigenvalue weighted by Crippen LogP contribution is -2.44. The molecule has 3 rings (SSSR count). The van der Waals surface area contributed by atoms with Crippen LogP contribution in [0.2, 0.25) is 0 Å². The van der Waals surface area contributed by atoms with Gasteiger partial charge in [-0.15, -0.1) is 21.1 Å². The highest BCUT2D eigenvalue weighted by molar-refractivity contribution is 7.99. The maximum Gasteiger partial charge on any atom is 0.525 e. The first-order chi connectivity index (χ1) is 15.1. The number of hydrogen-bond donors (Lipinski definition) is 0. The Morgan fingerprint density at radius 1 is 0.969 bits per heavy atom. The molecule has 8 nitrogen and oxygen atoms in total. The lowest BCUT2D eigenvalue weighted by Gasteiger charge is -2.26. The van der Waals surface area contributed by atoms with E-state index in [4.69, 9.17) is 9.47 Å². The second-order valence-electron chi connectivity index (χ2n) is 6.38. The minimum absolute atomic E-state index is 0.148. The number of carbonyl (C=O) groups is 2. The van der Waals surface area contributed by atoms with Crippen molar-refractivity contribution in [1.29, 1.82) is 0 Å².